The molecule has 3 amide bonds. The molecule has 1 atom stereocenters. The van der Waals surface area contributed by atoms with Crippen LogP contribution < -0.4 is 0 Å². The fourth-order valence-electron chi connectivity index (χ4n) is 3.39. The molecule has 0 radical (unpaired) electrons. The van der Waals surface area contributed by atoms with Gasteiger partial charge in [0.1, 0.15) is 6.04 Å². The van der Waals surface area contributed by atoms with E-state index in [0.29, 0.717) is 11.4 Å². The van der Waals surface area contributed by atoms with Gasteiger partial charge < -0.3 is 0 Å². The number of Topliss-reactive ketones (excluding diaryl/α,β-unsaturated/α-hetero) is 1. The molecular formula is C22H19Cl3N2O4. The van der Waals surface area contributed by atoms with Gasteiger partial charge in [0.2, 0.25) is 11.8 Å². The quantitative estimate of drug-likeness (QED) is 0.324. The zero-order valence-corrected chi connectivity index (χ0v) is 18.7. The molecular weight excluding hydrogens is 463 g/mol. The number of piperidine rings is 1. The van der Waals surface area contributed by atoms with E-state index in [0.717, 1.165) is 10.0 Å². The molecule has 31 heavy (non-hydrogen) atoms. The van der Waals surface area contributed by atoms with Crippen molar-refractivity contribution in [1.29, 1.82) is 0 Å². The van der Waals surface area contributed by atoms with E-state index in [-0.39, 0.29) is 41.3 Å². The van der Waals surface area contributed by atoms with Crippen LogP contribution in [0.1, 0.15) is 46.4 Å². The number of benzene rings is 2. The van der Waals surface area contributed by atoms with Crippen LogP contribution in [0.2, 0.25) is 10.0 Å². The Hall–Kier alpha value is -2.41. The summed E-state index contributed by atoms with van der Waals surface area (Å²) in [5.74, 6) is -2.29. The molecule has 162 valence electrons. The van der Waals surface area contributed by atoms with Crippen LogP contribution in [0, 0.1) is 0 Å². The normalized spacial score (nSPS) is 15.0. The number of nitrogens with zero attached hydrogens (tertiary/aromatic N) is 2. The Kier molecular flexibility index (Phi) is 7.70. The lowest BCUT2D eigenvalue weighted by Gasteiger charge is -2.39. The number of hydrogen-bond acceptors (Lipinski definition) is 4. The summed E-state index contributed by atoms with van der Waals surface area (Å²) in [6.07, 6.45) is 0.575. The zero-order valence-electron chi connectivity index (χ0n) is 16.4. The first-order valence-electron chi connectivity index (χ1n) is 9.64. The van der Waals surface area contributed by atoms with Crippen LogP contribution in [0.25, 0.3) is 0 Å². The second kappa shape index (κ2) is 10.3. The van der Waals surface area contributed by atoms with Gasteiger partial charge in [-0.15, -0.1) is 11.6 Å². The topological polar surface area (TPSA) is 74.8 Å². The number of imide groups is 1. The molecule has 1 heterocycles. The third kappa shape index (κ3) is 5.09. The minimum absolute atomic E-state index is 0.0204. The van der Waals surface area contributed by atoms with E-state index >= 15 is 0 Å². The van der Waals surface area contributed by atoms with Crippen molar-refractivity contribution >= 4 is 58.3 Å². The lowest BCUT2D eigenvalue weighted by atomic mass is 10.00. The monoisotopic (exact) mass is 480 g/mol. The number of hydrogen-bond donors (Lipinski definition) is 0. The summed E-state index contributed by atoms with van der Waals surface area (Å²) in [5, 5.41) is 2.28. The highest BCUT2D eigenvalue weighted by Crippen LogP contribution is 2.26. The van der Waals surface area contributed by atoms with Crippen molar-refractivity contribution in [3.8, 4) is 0 Å². The molecule has 3 rings (SSSR count). The molecule has 1 aliphatic rings. The number of carbonyl (C=O) groups excluding carboxylic acids is 4. The third-order valence-electron chi connectivity index (χ3n) is 4.89. The number of alkyl halides is 1. The highest BCUT2D eigenvalue weighted by molar-refractivity contribution is 6.34. The molecule has 0 bridgehead atoms. The van der Waals surface area contributed by atoms with Crippen molar-refractivity contribution in [3.05, 3.63) is 69.7 Å². The van der Waals surface area contributed by atoms with Crippen LogP contribution in [0.4, 0.5) is 0 Å². The standard InChI is InChI=1S/C22H19Cl3N2O4/c23-13-12-18(21(30)14-8-10-15(24)11-9-14)26(27-19(28)6-3-7-20(27)29)22(31)16-4-1-2-5-17(16)25/h1-2,4-5,8-11,18H,3,6-7,12-13H2/t18-/m1/s1. The van der Waals surface area contributed by atoms with E-state index in [2.05, 4.69) is 0 Å². The Morgan fingerprint density at radius 1 is 0.968 bits per heavy atom. The summed E-state index contributed by atoms with van der Waals surface area (Å²) in [7, 11) is 0. The molecule has 0 spiro atoms. The van der Waals surface area contributed by atoms with Gasteiger partial charge in [0.25, 0.3) is 5.91 Å². The predicted octanol–water partition coefficient (Wildman–Crippen LogP) is 4.77. The maximum Gasteiger partial charge on any atom is 0.275 e. The molecule has 0 aliphatic carbocycles. The molecule has 6 nitrogen and oxygen atoms in total. The van der Waals surface area contributed by atoms with Crippen LogP contribution in [-0.4, -0.2) is 45.4 Å². The molecule has 0 aromatic heterocycles. The number of hydrazine groups is 1. The fourth-order valence-corrected chi connectivity index (χ4v) is 3.94. The van der Waals surface area contributed by atoms with Crippen molar-refractivity contribution in [3.63, 3.8) is 0 Å². The fraction of sp³-hybridized carbons (Fsp3) is 0.273. The number of halogens is 3. The molecule has 1 fully saturated rings. The van der Waals surface area contributed by atoms with Gasteiger partial charge in [-0.2, -0.15) is 5.01 Å². The minimum Gasteiger partial charge on any atom is -0.292 e. The first kappa shape index (κ1) is 23.3. The molecule has 1 saturated heterocycles. The Labute approximate surface area is 194 Å². The van der Waals surface area contributed by atoms with Crippen LogP contribution in [0.3, 0.4) is 0 Å². The van der Waals surface area contributed by atoms with Gasteiger partial charge in [-0.25, -0.2) is 5.01 Å². The van der Waals surface area contributed by atoms with Gasteiger partial charge in [-0.05, 0) is 49.2 Å². The van der Waals surface area contributed by atoms with Crippen molar-refractivity contribution < 1.29 is 19.2 Å². The molecule has 0 saturated carbocycles. The van der Waals surface area contributed by atoms with E-state index in [1.54, 1.807) is 24.3 Å². The SMILES string of the molecule is O=C(c1ccc(Cl)cc1)[C@@H](CCCl)N(C(=O)c1ccccc1Cl)N1C(=O)CCCC1=O. The van der Waals surface area contributed by atoms with E-state index < -0.39 is 29.5 Å². The first-order chi connectivity index (χ1) is 14.8. The number of amides is 3. The average molecular weight is 482 g/mol. The Morgan fingerprint density at radius 2 is 1.58 bits per heavy atom. The van der Waals surface area contributed by atoms with E-state index in [1.165, 1.54) is 24.3 Å². The molecule has 2 aromatic carbocycles. The molecule has 2 aromatic rings. The maximum atomic E-state index is 13.5. The third-order valence-corrected chi connectivity index (χ3v) is 5.69. The Bertz CT molecular complexity index is 994. The predicted molar refractivity (Wildman–Crippen MR) is 118 cm³/mol. The van der Waals surface area contributed by atoms with Gasteiger partial charge in [-0.3, -0.25) is 19.2 Å². The molecule has 0 N–H and O–H groups in total. The summed E-state index contributed by atoms with van der Waals surface area (Å²) in [5.41, 5.74) is 0.340. The Balaban J connectivity index is 2.11. The number of ketones is 1. The number of rotatable bonds is 7. The summed E-state index contributed by atoms with van der Waals surface area (Å²) in [6.45, 7) is 0. The highest BCUT2D eigenvalue weighted by atomic mass is 35.5. The van der Waals surface area contributed by atoms with Gasteiger partial charge in [0.05, 0.1) is 10.6 Å². The smallest absolute Gasteiger partial charge is 0.275 e. The minimum atomic E-state index is -1.19. The van der Waals surface area contributed by atoms with Crippen molar-refractivity contribution in [1.82, 2.24) is 10.0 Å². The molecule has 1 aliphatic heterocycles. The average Bonchev–Trinajstić information content (AvgIpc) is 2.75. The maximum absolute atomic E-state index is 13.5. The van der Waals surface area contributed by atoms with Gasteiger partial charge in [0, 0.05) is 29.3 Å². The van der Waals surface area contributed by atoms with Crippen LogP contribution in [0.15, 0.2) is 48.5 Å². The molecule has 0 unspecified atom stereocenters. The van der Waals surface area contributed by atoms with Crippen molar-refractivity contribution in [2.24, 2.45) is 0 Å². The largest absolute Gasteiger partial charge is 0.292 e. The second-order valence-corrected chi connectivity index (χ2v) is 8.17. The first-order valence-corrected chi connectivity index (χ1v) is 10.9. The molecule has 9 heteroatoms. The van der Waals surface area contributed by atoms with E-state index in [4.69, 9.17) is 34.8 Å². The van der Waals surface area contributed by atoms with Gasteiger partial charge in [-0.1, -0.05) is 35.3 Å². The van der Waals surface area contributed by atoms with E-state index in [9.17, 15) is 19.2 Å². The summed E-state index contributed by atoms with van der Waals surface area (Å²) in [6, 6.07) is 11.2. The highest BCUT2D eigenvalue weighted by Gasteiger charge is 2.42. The van der Waals surface area contributed by atoms with E-state index in [1.807, 2.05) is 0 Å². The number of carbonyl (C=O) groups is 4. The van der Waals surface area contributed by atoms with Crippen LogP contribution >= 0.6 is 34.8 Å². The van der Waals surface area contributed by atoms with Crippen LogP contribution in [-0.2, 0) is 9.59 Å². The van der Waals surface area contributed by atoms with Gasteiger partial charge >= 0.3 is 0 Å². The van der Waals surface area contributed by atoms with Gasteiger partial charge in [0.15, 0.2) is 5.78 Å². The summed E-state index contributed by atoms with van der Waals surface area (Å²) < 4.78 is 0. The van der Waals surface area contributed by atoms with Crippen molar-refractivity contribution in [2.75, 3.05) is 5.88 Å². The lowest BCUT2D eigenvalue weighted by Crippen LogP contribution is -2.60. The summed E-state index contributed by atoms with van der Waals surface area (Å²) >= 11 is 18.1. The zero-order chi connectivity index (χ0) is 22.5. The second-order valence-electron chi connectivity index (χ2n) is 6.95. The van der Waals surface area contributed by atoms with Crippen LogP contribution in [0.5, 0.6) is 0 Å². The summed E-state index contributed by atoms with van der Waals surface area (Å²) in [4.78, 5) is 52.3. The lowest BCUT2D eigenvalue weighted by molar-refractivity contribution is -0.165. The van der Waals surface area contributed by atoms with Crippen molar-refractivity contribution in [2.45, 2.75) is 31.7 Å². The Morgan fingerprint density at radius 3 is 2.16 bits per heavy atom.